The van der Waals surface area contributed by atoms with Gasteiger partial charge in [0.05, 0.1) is 20.7 Å². The van der Waals surface area contributed by atoms with Crippen molar-refractivity contribution in [1.82, 2.24) is 0 Å². The van der Waals surface area contributed by atoms with Crippen molar-refractivity contribution in [3.8, 4) is 5.75 Å². The molecule has 0 spiro atoms. The quantitative estimate of drug-likeness (QED) is 0.698. The molecular weight excluding hydrogens is 312 g/mol. The third-order valence-electron chi connectivity index (χ3n) is 4.36. The van der Waals surface area contributed by atoms with E-state index in [1.165, 1.54) is 5.56 Å². The van der Waals surface area contributed by atoms with Gasteiger partial charge in [-0.05, 0) is 42.8 Å². The monoisotopic (exact) mass is 341 g/mol. The highest BCUT2D eigenvalue weighted by Crippen LogP contribution is 2.18. The Morgan fingerprint density at radius 1 is 1.08 bits per heavy atom. The van der Waals surface area contributed by atoms with Gasteiger partial charge in [-0.1, -0.05) is 31.5 Å². The number of ether oxygens (including phenoxy) is 1. The Kier molecular flexibility index (Phi) is 7.02. The number of carbonyl (C=O) groups excluding carboxylic acids is 1. The Morgan fingerprint density at radius 3 is 2.36 bits per heavy atom. The van der Waals surface area contributed by atoms with Crippen molar-refractivity contribution in [2.45, 2.75) is 26.3 Å². The first-order chi connectivity index (χ1) is 12.0. The molecule has 1 N–H and O–H groups in total. The third-order valence-corrected chi connectivity index (χ3v) is 4.36. The molecule has 0 heterocycles. The van der Waals surface area contributed by atoms with Crippen molar-refractivity contribution in [2.75, 3.05) is 32.6 Å². The Bertz CT molecular complexity index is 655. The van der Waals surface area contributed by atoms with Crippen LogP contribution in [0.4, 0.5) is 5.69 Å². The summed E-state index contributed by atoms with van der Waals surface area (Å²) in [6.07, 6.45) is 2.22. The lowest BCUT2D eigenvalue weighted by Crippen LogP contribution is -2.49. The van der Waals surface area contributed by atoms with Gasteiger partial charge in [-0.25, -0.2) is 0 Å². The summed E-state index contributed by atoms with van der Waals surface area (Å²) < 4.78 is 5.92. The molecule has 1 unspecified atom stereocenters. The summed E-state index contributed by atoms with van der Waals surface area (Å²) in [5.41, 5.74) is 2.06. The molecule has 2 aromatic carbocycles. The Labute approximate surface area is 151 Å². The molecule has 0 saturated heterocycles. The van der Waals surface area contributed by atoms with Crippen molar-refractivity contribution in [2.24, 2.45) is 0 Å². The Morgan fingerprint density at radius 2 is 1.76 bits per heavy atom. The van der Waals surface area contributed by atoms with Crippen LogP contribution in [0.1, 0.15) is 25.3 Å². The number of unbranched alkanes of at least 4 members (excludes halogenated alkanes) is 1. The van der Waals surface area contributed by atoms with E-state index < -0.39 is 0 Å². The molecule has 0 bridgehead atoms. The molecule has 0 aromatic heterocycles. The topological polar surface area (TPSA) is 38.3 Å². The number of quaternary nitrogens is 1. The number of para-hydroxylation sites is 1. The zero-order chi connectivity index (χ0) is 18.1. The molecule has 134 valence electrons. The maximum absolute atomic E-state index is 12.5. The van der Waals surface area contributed by atoms with Crippen molar-refractivity contribution in [1.29, 1.82) is 0 Å². The predicted molar refractivity (Wildman–Crippen MR) is 103 cm³/mol. The lowest BCUT2D eigenvalue weighted by molar-refractivity contribution is -0.915. The second kappa shape index (κ2) is 9.23. The molecule has 4 nitrogen and oxygen atoms in total. The van der Waals surface area contributed by atoms with Gasteiger partial charge in [0.15, 0.2) is 6.54 Å². The van der Waals surface area contributed by atoms with Crippen molar-refractivity contribution >= 4 is 11.6 Å². The first kappa shape index (κ1) is 19.0. The number of rotatable bonds is 9. The van der Waals surface area contributed by atoms with Crippen LogP contribution in [0.2, 0.25) is 0 Å². The number of benzene rings is 2. The van der Waals surface area contributed by atoms with Crippen LogP contribution in [0.5, 0.6) is 5.75 Å². The summed E-state index contributed by atoms with van der Waals surface area (Å²) in [6.45, 7) is 4.44. The van der Waals surface area contributed by atoms with Crippen LogP contribution >= 0.6 is 0 Å². The van der Waals surface area contributed by atoms with Crippen LogP contribution in [0.25, 0.3) is 0 Å². The Hall–Kier alpha value is -2.33. The minimum Gasteiger partial charge on any atom is -0.497 e. The zero-order valence-corrected chi connectivity index (χ0v) is 15.5. The van der Waals surface area contributed by atoms with Crippen LogP contribution in [0.3, 0.4) is 0 Å². The van der Waals surface area contributed by atoms with E-state index in [2.05, 4.69) is 31.4 Å². The van der Waals surface area contributed by atoms with E-state index in [-0.39, 0.29) is 5.91 Å². The predicted octanol–water partition coefficient (Wildman–Crippen LogP) is 4.08. The normalized spacial score (nSPS) is 13.1. The Balaban J connectivity index is 2.05. The summed E-state index contributed by atoms with van der Waals surface area (Å²) >= 11 is 0. The van der Waals surface area contributed by atoms with Gasteiger partial charge in [-0.3, -0.25) is 4.79 Å². The van der Waals surface area contributed by atoms with E-state index in [0.29, 0.717) is 11.0 Å². The largest absolute Gasteiger partial charge is 0.497 e. The SMILES string of the molecule is CCCC[N+](C)(CC(=O)Nc1ccccc1)Cc1ccc(OC)cc1. The standard InChI is InChI=1S/C21H28N2O2/c1-4-5-15-23(2,16-18-11-13-20(25-3)14-12-18)17-21(24)22-19-9-7-6-8-10-19/h6-14H,4-5,15-17H2,1-3H3/p+1. The molecule has 2 aromatic rings. The summed E-state index contributed by atoms with van der Waals surface area (Å²) in [5.74, 6) is 0.909. The van der Waals surface area contributed by atoms with Crippen molar-refractivity contribution < 1.29 is 14.0 Å². The fraction of sp³-hybridized carbons (Fsp3) is 0.381. The smallest absolute Gasteiger partial charge is 0.279 e. The molecule has 0 aliphatic heterocycles. The number of likely N-dealkylation sites (N-methyl/N-ethyl adjacent to an activating group) is 1. The maximum atomic E-state index is 12.5. The molecule has 1 amide bonds. The molecule has 0 aliphatic rings. The lowest BCUT2D eigenvalue weighted by Gasteiger charge is -2.34. The minimum atomic E-state index is 0.0540. The van der Waals surface area contributed by atoms with Gasteiger partial charge < -0.3 is 14.5 Å². The molecule has 4 heteroatoms. The number of anilines is 1. The molecule has 0 saturated carbocycles. The number of amides is 1. The van der Waals surface area contributed by atoms with Gasteiger partial charge in [0.2, 0.25) is 0 Å². The average molecular weight is 341 g/mol. The van der Waals surface area contributed by atoms with E-state index >= 15 is 0 Å². The van der Waals surface area contributed by atoms with E-state index in [1.807, 2.05) is 42.5 Å². The van der Waals surface area contributed by atoms with E-state index in [1.54, 1.807) is 7.11 Å². The fourth-order valence-electron chi connectivity index (χ4n) is 2.99. The van der Waals surface area contributed by atoms with E-state index in [9.17, 15) is 4.79 Å². The van der Waals surface area contributed by atoms with Crippen LogP contribution in [0.15, 0.2) is 54.6 Å². The molecule has 0 fully saturated rings. The van der Waals surface area contributed by atoms with Gasteiger partial charge in [-0.15, -0.1) is 0 Å². The number of nitrogens with one attached hydrogen (secondary N) is 1. The second-order valence-corrected chi connectivity index (χ2v) is 6.78. The molecule has 0 radical (unpaired) electrons. The van der Waals surface area contributed by atoms with Crippen molar-refractivity contribution in [3.05, 3.63) is 60.2 Å². The van der Waals surface area contributed by atoms with Crippen LogP contribution in [0, 0.1) is 0 Å². The van der Waals surface area contributed by atoms with Gasteiger partial charge in [0, 0.05) is 11.3 Å². The number of hydrogen-bond acceptors (Lipinski definition) is 2. The van der Waals surface area contributed by atoms with E-state index in [4.69, 9.17) is 4.74 Å². The highest BCUT2D eigenvalue weighted by Gasteiger charge is 2.25. The second-order valence-electron chi connectivity index (χ2n) is 6.78. The first-order valence-corrected chi connectivity index (χ1v) is 8.86. The number of hydrogen-bond donors (Lipinski definition) is 1. The van der Waals surface area contributed by atoms with Gasteiger partial charge in [0.25, 0.3) is 5.91 Å². The number of carbonyl (C=O) groups is 1. The van der Waals surface area contributed by atoms with Gasteiger partial charge >= 0.3 is 0 Å². The molecule has 2 rings (SSSR count). The summed E-state index contributed by atoms with van der Waals surface area (Å²) in [7, 11) is 3.83. The van der Waals surface area contributed by atoms with Crippen LogP contribution < -0.4 is 10.1 Å². The maximum Gasteiger partial charge on any atom is 0.279 e. The molecule has 0 aliphatic carbocycles. The summed E-state index contributed by atoms with van der Waals surface area (Å²) in [5, 5.41) is 3.00. The van der Waals surface area contributed by atoms with Crippen molar-refractivity contribution in [3.63, 3.8) is 0 Å². The highest BCUT2D eigenvalue weighted by molar-refractivity contribution is 5.91. The number of methoxy groups -OCH3 is 1. The molecular formula is C21H29N2O2+. The third kappa shape index (κ3) is 6.24. The highest BCUT2D eigenvalue weighted by atomic mass is 16.5. The average Bonchev–Trinajstić information content (AvgIpc) is 2.61. The molecule has 25 heavy (non-hydrogen) atoms. The van der Waals surface area contributed by atoms with Gasteiger partial charge in [-0.2, -0.15) is 0 Å². The first-order valence-electron chi connectivity index (χ1n) is 8.86. The van der Waals surface area contributed by atoms with Gasteiger partial charge in [0.1, 0.15) is 12.3 Å². The number of nitrogens with zero attached hydrogens (tertiary/aromatic N) is 1. The zero-order valence-electron chi connectivity index (χ0n) is 15.5. The molecule has 1 atom stereocenters. The minimum absolute atomic E-state index is 0.0540. The summed E-state index contributed by atoms with van der Waals surface area (Å²) in [6, 6.07) is 17.7. The van der Waals surface area contributed by atoms with E-state index in [0.717, 1.165) is 37.4 Å². The van der Waals surface area contributed by atoms with Crippen LogP contribution in [-0.4, -0.2) is 37.6 Å². The summed E-state index contributed by atoms with van der Waals surface area (Å²) in [4.78, 5) is 12.5. The van der Waals surface area contributed by atoms with Crippen LogP contribution in [-0.2, 0) is 11.3 Å². The fourth-order valence-corrected chi connectivity index (χ4v) is 2.99. The lowest BCUT2D eigenvalue weighted by atomic mass is 10.1.